The zero-order chi connectivity index (χ0) is 26.7. The third-order valence-electron chi connectivity index (χ3n) is 4.78. The van der Waals surface area contributed by atoms with E-state index in [0.29, 0.717) is 5.69 Å². The van der Waals surface area contributed by atoms with E-state index in [-0.39, 0.29) is 43.9 Å². The average Bonchev–Trinajstić information content (AvgIpc) is 2.85. The third kappa shape index (κ3) is 5.77. The SMILES string of the molecule is O=C(O)c1cc(C(=O)O)cc(N(C(=S)N(c2ccc(F)cc2)c2cncc(Cl)n2)c2cncc(Cl)n2)c1. The van der Waals surface area contributed by atoms with E-state index in [1.165, 1.54) is 71.0 Å². The van der Waals surface area contributed by atoms with Crippen LogP contribution in [0.5, 0.6) is 0 Å². The van der Waals surface area contributed by atoms with E-state index >= 15 is 0 Å². The molecule has 37 heavy (non-hydrogen) atoms. The van der Waals surface area contributed by atoms with E-state index in [2.05, 4.69) is 19.9 Å². The van der Waals surface area contributed by atoms with E-state index in [0.717, 1.165) is 6.07 Å². The minimum Gasteiger partial charge on any atom is -0.478 e. The topological polar surface area (TPSA) is 133 Å². The van der Waals surface area contributed by atoms with Gasteiger partial charge in [-0.2, -0.15) is 0 Å². The van der Waals surface area contributed by atoms with Crippen molar-refractivity contribution in [1.82, 2.24) is 19.9 Å². The maximum atomic E-state index is 13.7. The molecule has 2 N–H and O–H groups in total. The summed E-state index contributed by atoms with van der Waals surface area (Å²) in [5.74, 6) is -3.10. The number of nitrogens with zero attached hydrogens (tertiary/aromatic N) is 6. The molecule has 2 aromatic heterocycles. The summed E-state index contributed by atoms with van der Waals surface area (Å²) in [4.78, 5) is 42.7. The molecule has 186 valence electrons. The van der Waals surface area contributed by atoms with Gasteiger partial charge in [0.1, 0.15) is 16.1 Å². The Balaban J connectivity index is 1.98. The number of aromatic carboxylic acids is 2. The molecule has 0 aliphatic heterocycles. The van der Waals surface area contributed by atoms with E-state index < -0.39 is 17.8 Å². The van der Waals surface area contributed by atoms with Crippen molar-refractivity contribution in [2.75, 3.05) is 9.80 Å². The van der Waals surface area contributed by atoms with Crippen molar-refractivity contribution in [3.05, 3.63) is 94.5 Å². The van der Waals surface area contributed by atoms with Gasteiger partial charge in [0.2, 0.25) is 0 Å². The molecule has 0 saturated heterocycles. The first-order chi connectivity index (χ1) is 17.6. The molecule has 10 nitrogen and oxygen atoms in total. The van der Waals surface area contributed by atoms with Crippen molar-refractivity contribution in [3.8, 4) is 0 Å². The molecule has 0 aliphatic carbocycles. The van der Waals surface area contributed by atoms with Gasteiger partial charge in [0.05, 0.1) is 47.3 Å². The van der Waals surface area contributed by atoms with Crippen LogP contribution in [0.25, 0.3) is 0 Å². The van der Waals surface area contributed by atoms with Crippen LogP contribution in [0.1, 0.15) is 20.7 Å². The number of carbonyl (C=O) groups is 2. The summed E-state index contributed by atoms with van der Waals surface area (Å²) in [6.45, 7) is 0. The second-order valence-electron chi connectivity index (χ2n) is 7.21. The van der Waals surface area contributed by atoms with Crippen molar-refractivity contribution in [2.24, 2.45) is 0 Å². The zero-order valence-electron chi connectivity index (χ0n) is 18.3. The maximum absolute atomic E-state index is 13.7. The Morgan fingerprint density at radius 3 is 1.65 bits per heavy atom. The smallest absolute Gasteiger partial charge is 0.335 e. The minimum absolute atomic E-state index is 0.0148. The van der Waals surface area contributed by atoms with Gasteiger partial charge in [-0.3, -0.25) is 19.8 Å². The number of rotatable bonds is 6. The minimum atomic E-state index is -1.37. The van der Waals surface area contributed by atoms with Crippen LogP contribution in [0, 0.1) is 5.82 Å². The lowest BCUT2D eigenvalue weighted by molar-refractivity contribution is 0.0696. The molecule has 0 spiro atoms. The summed E-state index contributed by atoms with van der Waals surface area (Å²) in [5.41, 5.74) is -0.307. The summed E-state index contributed by atoms with van der Waals surface area (Å²) >= 11 is 17.9. The normalized spacial score (nSPS) is 10.6. The number of thiocarbonyl (C=S) groups is 1. The molecular weight excluding hydrogens is 546 g/mol. The van der Waals surface area contributed by atoms with Gasteiger partial charge < -0.3 is 10.2 Å². The van der Waals surface area contributed by atoms with E-state index in [1.54, 1.807) is 0 Å². The monoisotopic (exact) mass is 558 g/mol. The van der Waals surface area contributed by atoms with Gasteiger partial charge in [-0.05, 0) is 54.7 Å². The van der Waals surface area contributed by atoms with Gasteiger partial charge >= 0.3 is 11.9 Å². The fraction of sp³-hybridized carbons (Fsp3) is 0. The van der Waals surface area contributed by atoms with Gasteiger partial charge in [-0.1, -0.05) is 23.2 Å². The number of hydrogen-bond acceptors (Lipinski definition) is 7. The standard InChI is InChI=1S/C23H13Cl2FN6O4S/c24-17-8-27-10-19(29-17)31(15-3-1-14(26)2-4-15)23(37)32(20-11-28-9-18(25)30-20)16-6-12(21(33)34)5-13(7-16)22(35)36/h1-11H,(H,33,34)(H,35,36). The maximum Gasteiger partial charge on any atom is 0.335 e. The number of carboxylic acids is 2. The van der Waals surface area contributed by atoms with Crippen molar-refractivity contribution < 1.29 is 24.2 Å². The van der Waals surface area contributed by atoms with Crippen LogP contribution >= 0.6 is 35.4 Å². The molecule has 14 heteroatoms. The Hall–Kier alpha value is -4.26. The summed E-state index contributed by atoms with van der Waals surface area (Å²) in [7, 11) is 0. The first kappa shape index (κ1) is 25.8. The molecule has 0 unspecified atom stereocenters. The summed E-state index contributed by atoms with van der Waals surface area (Å²) < 4.78 is 13.7. The highest BCUT2D eigenvalue weighted by atomic mass is 35.5. The predicted octanol–water partition coefficient (Wildman–Crippen LogP) is 5.37. The largest absolute Gasteiger partial charge is 0.478 e. The van der Waals surface area contributed by atoms with Crippen molar-refractivity contribution in [2.45, 2.75) is 0 Å². The lowest BCUT2D eigenvalue weighted by Gasteiger charge is -2.32. The second-order valence-corrected chi connectivity index (χ2v) is 8.35. The molecule has 2 aromatic carbocycles. The molecule has 0 atom stereocenters. The number of carboxylic acid groups (broad SMARTS) is 2. The van der Waals surface area contributed by atoms with E-state index in [4.69, 9.17) is 35.4 Å². The van der Waals surface area contributed by atoms with Gasteiger partial charge in [0.15, 0.2) is 16.7 Å². The Morgan fingerprint density at radius 2 is 1.22 bits per heavy atom. The second kappa shape index (κ2) is 10.8. The summed E-state index contributed by atoms with van der Waals surface area (Å²) in [5, 5.41) is 19.1. The average molecular weight is 559 g/mol. The molecule has 0 bridgehead atoms. The predicted molar refractivity (Wildman–Crippen MR) is 138 cm³/mol. The molecule has 0 aliphatic rings. The summed E-state index contributed by atoms with van der Waals surface area (Å²) in [6, 6.07) is 8.64. The molecular formula is C23H13Cl2FN6O4S. The van der Waals surface area contributed by atoms with Crippen LogP contribution in [0.2, 0.25) is 10.3 Å². The molecule has 0 amide bonds. The number of hydrogen-bond donors (Lipinski definition) is 2. The van der Waals surface area contributed by atoms with Gasteiger partial charge in [0, 0.05) is 0 Å². The molecule has 2 heterocycles. The first-order valence-corrected chi connectivity index (χ1v) is 11.3. The third-order valence-corrected chi connectivity index (χ3v) is 5.51. The Bertz CT molecular complexity index is 1490. The van der Waals surface area contributed by atoms with Gasteiger partial charge in [-0.25, -0.2) is 23.9 Å². The van der Waals surface area contributed by atoms with Crippen LogP contribution in [-0.2, 0) is 0 Å². The molecule has 0 radical (unpaired) electrons. The summed E-state index contributed by atoms with van der Waals surface area (Å²) in [6.07, 6.45) is 5.20. The van der Waals surface area contributed by atoms with Crippen molar-refractivity contribution in [1.29, 1.82) is 0 Å². The lowest BCUT2D eigenvalue weighted by Crippen LogP contribution is -2.39. The van der Waals surface area contributed by atoms with Crippen molar-refractivity contribution >= 4 is 75.5 Å². The highest BCUT2D eigenvalue weighted by Gasteiger charge is 2.28. The fourth-order valence-corrected chi connectivity index (χ4v) is 3.92. The van der Waals surface area contributed by atoms with Crippen LogP contribution < -0.4 is 9.80 Å². The van der Waals surface area contributed by atoms with Crippen LogP contribution in [-0.4, -0.2) is 47.2 Å². The van der Waals surface area contributed by atoms with E-state index in [1.807, 2.05) is 0 Å². The number of aromatic nitrogens is 4. The van der Waals surface area contributed by atoms with Crippen LogP contribution in [0.4, 0.5) is 27.4 Å². The Kier molecular flexibility index (Phi) is 7.53. The van der Waals surface area contributed by atoms with Gasteiger partial charge in [-0.15, -0.1) is 0 Å². The van der Waals surface area contributed by atoms with Crippen LogP contribution in [0.15, 0.2) is 67.3 Å². The number of benzene rings is 2. The van der Waals surface area contributed by atoms with Gasteiger partial charge in [0.25, 0.3) is 0 Å². The fourth-order valence-electron chi connectivity index (χ4n) is 3.24. The molecule has 4 rings (SSSR count). The number of halogens is 3. The highest BCUT2D eigenvalue weighted by Crippen LogP contribution is 2.33. The van der Waals surface area contributed by atoms with Crippen LogP contribution in [0.3, 0.4) is 0 Å². The quantitative estimate of drug-likeness (QED) is 0.296. The first-order valence-electron chi connectivity index (χ1n) is 10.1. The molecule has 0 saturated carbocycles. The lowest BCUT2D eigenvalue weighted by atomic mass is 10.1. The Labute approximate surface area is 223 Å². The Morgan fingerprint density at radius 1 is 0.757 bits per heavy atom. The van der Waals surface area contributed by atoms with E-state index in [9.17, 15) is 24.2 Å². The zero-order valence-corrected chi connectivity index (χ0v) is 20.6. The highest BCUT2D eigenvalue weighted by molar-refractivity contribution is 7.80. The molecule has 0 fully saturated rings. The number of anilines is 4. The molecule has 4 aromatic rings. The van der Waals surface area contributed by atoms with Crippen molar-refractivity contribution in [3.63, 3.8) is 0 Å².